The molecule has 0 N–H and O–H groups in total. The second-order valence-electron chi connectivity index (χ2n) is 12.0. The van der Waals surface area contributed by atoms with Crippen LogP contribution in [0.2, 0.25) is 5.02 Å². The zero-order valence-corrected chi connectivity index (χ0v) is 25.3. The Morgan fingerprint density at radius 3 is 2.39 bits per heavy atom. The van der Waals surface area contributed by atoms with Crippen LogP contribution >= 0.6 is 11.6 Å². The maximum Gasteiger partial charge on any atom is 0.272 e. The number of rotatable bonds is 6. The van der Waals surface area contributed by atoms with E-state index in [0.29, 0.717) is 31.2 Å². The van der Waals surface area contributed by atoms with Gasteiger partial charge in [-0.25, -0.2) is 0 Å². The molecule has 0 spiro atoms. The Morgan fingerprint density at radius 2 is 1.68 bits per heavy atom. The van der Waals surface area contributed by atoms with Gasteiger partial charge < -0.3 is 9.80 Å². The SMILES string of the molecule is CC(C)Cc1cc(C(=O)N2CCCN(Cc3ccc(Cl)cc3)CCCN(C(=O)C3CC3)c3ccccc3C2)n(C)n1. The minimum absolute atomic E-state index is 0.0220. The van der Waals surface area contributed by atoms with Gasteiger partial charge in [0, 0.05) is 62.9 Å². The Labute approximate surface area is 249 Å². The van der Waals surface area contributed by atoms with Crippen LogP contribution in [-0.4, -0.2) is 57.6 Å². The number of amides is 2. The van der Waals surface area contributed by atoms with Crippen molar-refractivity contribution in [3.8, 4) is 0 Å². The van der Waals surface area contributed by atoms with E-state index in [9.17, 15) is 9.59 Å². The molecule has 1 fully saturated rings. The highest BCUT2D eigenvalue weighted by Crippen LogP contribution is 2.34. The molecule has 2 heterocycles. The van der Waals surface area contributed by atoms with Gasteiger partial charge in [0.15, 0.2) is 0 Å². The monoisotopic (exact) mass is 575 g/mol. The van der Waals surface area contributed by atoms with Gasteiger partial charge in [-0.05, 0) is 73.4 Å². The quantitative estimate of drug-likeness (QED) is 0.364. The van der Waals surface area contributed by atoms with Crippen molar-refractivity contribution in [3.63, 3.8) is 0 Å². The summed E-state index contributed by atoms with van der Waals surface area (Å²) in [5.41, 5.74) is 4.69. The van der Waals surface area contributed by atoms with E-state index in [2.05, 4.69) is 42.0 Å². The van der Waals surface area contributed by atoms with E-state index in [1.54, 1.807) is 4.68 Å². The minimum atomic E-state index is -0.0220. The summed E-state index contributed by atoms with van der Waals surface area (Å²) in [5.74, 6) is 0.767. The van der Waals surface area contributed by atoms with Crippen LogP contribution in [-0.2, 0) is 31.4 Å². The normalized spacial score (nSPS) is 17.2. The van der Waals surface area contributed by atoms with Crippen LogP contribution in [0.15, 0.2) is 54.6 Å². The van der Waals surface area contributed by atoms with Crippen LogP contribution in [0.4, 0.5) is 5.69 Å². The lowest BCUT2D eigenvalue weighted by Crippen LogP contribution is -2.39. The van der Waals surface area contributed by atoms with Gasteiger partial charge in [0.2, 0.25) is 5.91 Å². The fourth-order valence-electron chi connectivity index (χ4n) is 5.73. The van der Waals surface area contributed by atoms with Crippen molar-refractivity contribution in [1.82, 2.24) is 19.6 Å². The molecule has 0 atom stereocenters. The van der Waals surface area contributed by atoms with Crippen molar-refractivity contribution >= 4 is 29.1 Å². The summed E-state index contributed by atoms with van der Waals surface area (Å²) in [7, 11) is 1.85. The molecule has 1 aliphatic heterocycles. The van der Waals surface area contributed by atoms with Crippen LogP contribution in [0.5, 0.6) is 0 Å². The number of aryl methyl sites for hydroxylation is 1. The number of hydrogen-bond acceptors (Lipinski definition) is 4. The van der Waals surface area contributed by atoms with Gasteiger partial charge in [-0.15, -0.1) is 0 Å². The van der Waals surface area contributed by atoms with E-state index >= 15 is 0 Å². The predicted molar refractivity (Wildman–Crippen MR) is 164 cm³/mol. The van der Waals surface area contributed by atoms with Crippen molar-refractivity contribution in [2.45, 2.75) is 59.0 Å². The second kappa shape index (κ2) is 13.2. The Kier molecular flexibility index (Phi) is 9.46. The molecule has 0 bridgehead atoms. The molecule has 0 unspecified atom stereocenters. The van der Waals surface area contributed by atoms with Gasteiger partial charge in [0.1, 0.15) is 5.69 Å². The molecule has 5 rings (SSSR count). The average Bonchev–Trinajstić information content (AvgIpc) is 3.73. The summed E-state index contributed by atoms with van der Waals surface area (Å²) in [5, 5.41) is 5.37. The lowest BCUT2D eigenvalue weighted by Gasteiger charge is -2.32. The van der Waals surface area contributed by atoms with Gasteiger partial charge in [0.25, 0.3) is 5.91 Å². The smallest absolute Gasteiger partial charge is 0.272 e. The number of para-hydroxylation sites is 1. The number of carbonyl (C=O) groups is 2. The maximum atomic E-state index is 14.0. The standard InChI is InChI=1S/C33H42ClN5O2/c1-24(2)20-29-21-31(36(3)35-29)33(41)38-18-6-16-37(22-25-10-14-28(34)15-11-25)17-7-19-39(32(40)26-12-13-26)30-9-5-4-8-27(30)23-38/h4-5,8-11,14-15,21,24,26H,6-7,12-13,16-20,22-23H2,1-3H3. The van der Waals surface area contributed by atoms with Crippen LogP contribution in [0, 0.1) is 11.8 Å². The van der Waals surface area contributed by atoms with Crippen molar-refractivity contribution in [2.75, 3.05) is 31.1 Å². The van der Waals surface area contributed by atoms with Gasteiger partial charge >= 0.3 is 0 Å². The topological polar surface area (TPSA) is 61.7 Å². The third-order valence-corrected chi connectivity index (χ3v) is 8.22. The molecule has 0 saturated heterocycles. The van der Waals surface area contributed by atoms with E-state index < -0.39 is 0 Å². The van der Waals surface area contributed by atoms with E-state index in [1.807, 2.05) is 53.2 Å². The fraction of sp³-hybridized carbons (Fsp3) is 0.485. The second-order valence-corrected chi connectivity index (χ2v) is 12.4. The summed E-state index contributed by atoms with van der Waals surface area (Å²) < 4.78 is 1.72. The lowest BCUT2D eigenvalue weighted by molar-refractivity contribution is -0.119. The van der Waals surface area contributed by atoms with Crippen LogP contribution in [0.3, 0.4) is 0 Å². The van der Waals surface area contributed by atoms with E-state index in [4.69, 9.17) is 11.6 Å². The predicted octanol–water partition coefficient (Wildman–Crippen LogP) is 5.95. The number of benzene rings is 2. The lowest BCUT2D eigenvalue weighted by atomic mass is 10.1. The van der Waals surface area contributed by atoms with Crippen LogP contribution < -0.4 is 4.90 Å². The number of carbonyl (C=O) groups excluding carboxylic acids is 2. The van der Waals surface area contributed by atoms with Gasteiger partial charge in [0.05, 0.1) is 5.69 Å². The number of hydrogen-bond donors (Lipinski definition) is 0. The zero-order valence-electron chi connectivity index (χ0n) is 24.6. The molecule has 7 nitrogen and oxygen atoms in total. The fourth-order valence-corrected chi connectivity index (χ4v) is 5.85. The first kappa shape index (κ1) is 29.3. The molecule has 2 aromatic carbocycles. The van der Waals surface area contributed by atoms with E-state index in [0.717, 1.165) is 73.7 Å². The summed E-state index contributed by atoms with van der Waals surface area (Å²) in [6.07, 6.45) is 4.50. The van der Waals surface area contributed by atoms with Gasteiger partial charge in [-0.2, -0.15) is 5.10 Å². The van der Waals surface area contributed by atoms with Gasteiger partial charge in [-0.3, -0.25) is 19.2 Å². The molecule has 218 valence electrons. The zero-order chi connectivity index (χ0) is 28.9. The minimum Gasteiger partial charge on any atom is -0.333 e. The molecule has 1 aliphatic carbocycles. The largest absolute Gasteiger partial charge is 0.333 e. The Bertz CT molecular complexity index is 1350. The molecule has 8 heteroatoms. The molecular formula is C33H42ClN5O2. The summed E-state index contributed by atoms with van der Waals surface area (Å²) in [6.45, 7) is 8.58. The molecule has 2 amide bonds. The Hall–Kier alpha value is -3.16. The van der Waals surface area contributed by atoms with Crippen molar-refractivity contribution < 1.29 is 9.59 Å². The molecule has 41 heavy (non-hydrogen) atoms. The van der Waals surface area contributed by atoms with Crippen LogP contribution in [0.1, 0.15) is 66.8 Å². The highest BCUT2D eigenvalue weighted by Gasteiger charge is 2.35. The van der Waals surface area contributed by atoms with Crippen molar-refractivity contribution in [2.24, 2.45) is 18.9 Å². The molecule has 1 aromatic heterocycles. The first-order chi connectivity index (χ1) is 19.8. The number of fused-ring (bicyclic) bond motifs is 1. The maximum absolute atomic E-state index is 14.0. The molecule has 3 aromatic rings. The number of nitrogens with zero attached hydrogens (tertiary/aromatic N) is 5. The molecular weight excluding hydrogens is 534 g/mol. The highest BCUT2D eigenvalue weighted by molar-refractivity contribution is 6.30. The Morgan fingerprint density at radius 1 is 0.976 bits per heavy atom. The number of aromatic nitrogens is 2. The van der Waals surface area contributed by atoms with Crippen molar-refractivity contribution in [3.05, 3.63) is 82.1 Å². The number of halogens is 1. The van der Waals surface area contributed by atoms with Crippen molar-refractivity contribution in [1.29, 1.82) is 0 Å². The molecule has 2 aliphatic rings. The third-order valence-electron chi connectivity index (χ3n) is 7.97. The highest BCUT2D eigenvalue weighted by atomic mass is 35.5. The molecule has 1 saturated carbocycles. The van der Waals surface area contributed by atoms with Crippen LogP contribution in [0.25, 0.3) is 0 Å². The molecule has 0 radical (unpaired) electrons. The van der Waals surface area contributed by atoms with E-state index in [1.165, 1.54) is 5.56 Å². The summed E-state index contributed by atoms with van der Waals surface area (Å²) >= 11 is 6.13. The van der Waals surface area contributed by atoms with E-state index in [-0.39, 0.29) is 17.7 Å². The first-order valence-electron chi connectivity index (χ1n) is 15.0. The first-order valence-corrected chi connectivity index (χ1v) is 15.3. The summed E-state index contributed by atoms with van der Waals surface area (Å²) in [4.78, 5) is 33.9. The third kappa shape index (κ3) is 7.57. The Balaban J connectivity index is 1.44. The number of anilines is 1. The van der Waals surface area contributed by atoms with Gasteiger partial charge in [-0.1, -0.05) is 55.8 Å². The average molecular weight is 576 g/mol. The summed E-state index contributed by atoms with van der Waals surface area (Å²) in [6, 6.07) is 18.1.